The molecule has 5 unspecified atom stereocenters. The van der Waals surface area contributed by atoms with Gasteiger partial charge in [-0.1, -0.05) is 29.8 Å². The van der Waals surface area contributed by atoms with Gasteiger partial charge in [0, 0.05) is 21.8 Å². The lowest BCUT2D eigenvalue weighted by molar-refractivity contribution is -0.198. The molecule has 0 radical (unpaired) electrons. The Morgan fingerprint density at radius 2 is 1.97 bits per heavy atom. The fourth-order valence-corrected chi connectivity index (χ4v) is 5.89. The summed E-state index contributed by atoms with van der Waals surface area (Å²) in [5.41, 5.74) is 1.67. The average Bonchev–Trinajstić information content (AvgIpc) is 3.45. The topological polar surface area (TPSA) is 98.9 Å². The van der Waals surface area contributed by atoms with Crippen molar-refractivity contribution in [1.82, 2.24) is 19.4 Å². The first-order valence-electron chi connectivity index (χ1n) is 10.5. The normalized spacial score (nSPS) is 30.3. The van der Waals surface area contributed by atoms with Crippen molar-refractivity contribution in [2.24, 2.45) is 0 Å². The molecule has 1 aromatic carbocycles. The van der Waals surface area contributed by atoms with E-state index in [1.807, 2.05) is 24.6 Å². The average molecular weight is 536 g/mol. The van der Waals surface area contributed by atoms with E-state index in [1.165, 1.54) is 11.2 Å². The molecule has 9 nitrogen and oxygen atoms in total. The molecular weight excluding hydrogens is 516 g/mol. The van der Waals surface area contributed by atoms with Gasteiger partial charge in [0.2, 0.25) is 0 Å². The molecule has 0 spiro atoms. The summed E-state index contributed by atoms with van der Waals surface area (Å²) in [5.74, 6) is -1.08. The predicted molar refractivity (Wildman–Crippen MR) is 120 cm³/mol. The van der Waals surface area contributed by atoms with Gasteiger partial charge in [0.05, 0.1) is 11.9 Å². The Labute approximate surface area is 202 Å². The third kappa shape index (κ3) is 3.23. The molecule has 0 bridgehead atoms. The number of aliphatic hydroxyl groups excluding tert-OH is 1. The fraction of sp³-hybridized carbons (Fsp3) is 0.409. The minimum atomic E-state index is -1.04. The van der Waals surface area contributed by atoms with Crippen molar-refractivity contribution >= 4 is 44.5 Å². The van der Waals surface area contributed by atoms with Gasteiger partial charge in [0.15, 0.2) is 18.2 Å². The fourth-order valence-electron chi connectivity index (χ4n) is 4.96. The van der Waals surface area contributed by atoms with Crippen LogP contribution in [0.5, 0.6) is 0 Å². The highest BCUT2D eigenvalue weighted by Gasteiger charge is 2.57. The van der Waals surface area contributed by atoms with Gasteiger partial charge in [-0.15, -0.1) is 0 Å². The molecular formula is C22H20BrClN4O5. The number of amides is 1. The molecule has 1 N–H and O–H groups in total. The van der Waals surface area contributed by atoms with E-state index in [1.54, 1.807) is 24.3 Å². The predicted octanol–water partition coefficient (Wildman–Crippen LogP) is 3.41. The highest BCUT2D eigenvalue weighted by atomic mass is 79.9. The van der Waals surface area contributed by atoms with Gasteiger partial charge in [-0.25, -0.2) is 9.97 Å². The number of carbonyl (C=O) groups excluding carboxylic acids is 1. The number of aliphatic hydroxyl groups is 1. The first-order chi connectivity index (χ1) is 15.7. The molecule has 172 valence electrons. The van der Waals surface area contributed by atoms with Crippen LogP contribution in [0.25, 0.3) is 11.0 Å². The highest BCUT2D eigenvalue weighted by Crippen LogP contribution is 2.46. The lowest BCUT2D eigenvalue weighted by Gasteiger charge is -2.28. The largest absolute Gasteiger partial charge is 0.369 e. The standard InChI is InChI=1S/C22H20BrClN4O5/c1-22(2)32-15-13(8-28-19(29)10-5-3-4-6-11(10)20(28)30)31-21(16(15)33-22)27-7-12(23)14-17(24)25-9-26-18(14)27/h3-7,9,13,15-16,19,21,29H,8H2,1-2H3. The van der Waals surface area contributed by atoms with E-state index in [0.717, 1.165) is 4.47 Å². The molecule has 2 saturated heterocycles. The van der Waals surface area contributed by atoms with Crippen LogP contribution in [-0.2, 0) is 14.2 Å². The van der Waals surface area contributed by atoms with Crippen molar-refractivity contribution in [2.75, 3.05) is 6.54 Å². The molecule has 33 heavy (non-hydrogen) atoms. The summed E-state index contributed by atoms with van der Waals surface area (Å²) in [6, 6.07) is 7.05. The van der Waals surface area contributed by atoms with Crippen LogP contribution in [-0.4, -0.2) is 61.1 Å². The minimum Gasteiger partial charge on any atom is -0.369 e. The zero-order chi connectivity index (χ0) is 23.1. The van der Waals surface area contributed by atoms with E-state index < -0.39 is 36.6 Å². The Bertz CT molecular complexity index is 1280. The first kappa shape index (κ1) is 21.5. The van der Waals surface area contributed by atoms with Crippen LogP contribution < -0.4 is 0 Å². The molecule has 3 aliphatic rings. The van der Waals surface area contributed by atoms with Crippen molar-refractivity contribution in [3.05, 3.63) is 57.5 Å². The lowest BCUT2D eigenvalue weighted by Crippen LogP contribution is -2.41. The maximum Gasteiger partial charge on any atom is 0.256 e. The zero-order valence-electron chi connectivity index (χ0n) is 17.7. The number of rotatable bonds is 3. The van der Waals surface area contributed by atoms with Gasteiger partial charge in [-0.05, 0) is 35.8 Å². The summed E-state index contributed by atoms with van der Waals surface area (Å²) in [6.45, 7) is 3.82. The van der Waals surface area contributed by atoms with Crippen molar-refractivity contribution in [1.29, 1.82) is 0 Å². The molecule has 3 aromatic rings. The number of hydrogen-bond donors (Lipinski definition) is 1. The molecule has 0 aliphatic carbocycles. The quantitative estimate of drug-likeness (QED) is 0.513. The smallest absolute Gasteiger partial charge is 0.256 e. The molecule has 6 rings (SSSR count). The van der Waals surface area contributed by atoms with Crippen LogP contribution in [0.15, 0.2) is 41.3 Å². The summed E-state index contributed by atoms with van der Waals surface area (Å²) in [6.07, 6.45) is 0.139. The monoisotopic (exact) mass is 534 g/mol. The van der Waals surface area contributed by atoms with Crippen LogP contribution in [0.1, 0.15) is 42.2 Å². The lowest BCUT2D eigenvalue weighted by atomic mass is 10.1. The van der Waals surface area contributed by atoms with Gasteiger partial charge in [0.25, 0.3) is 5.91 Å². The number of fused-ring (bicyclic) bond motifs is 3. The third-order valence-corrected chi connectivity index (χ3v) is 7.21. The Morgan fingerprint density at radius 1 is 1.21 bits per heavy atom. The van der Waals surface area contributed by atoms with Crippen molar-refractivity contribution < 1.29 is 24.1 Å². The SMILES string of the molecule is CC1(C)OC2C(CN3C(=O)c4ccccc4C3O)OC(n3cc(Br)c4c(Cl)ncnc43)C2O1. The van der Waals surface area contributed by atoms with E-state index in [9.17, 15) is 9.90 Å². The molecule has 0 saturated carbocycles. The number of halogens is 2. The van der Waals surface area contributed by atoms with E-state index in [4.69, 9.17) is 25.8 Å². The van der Waals surface area contributed by atoms with E-state index in [0.29, 0.717) is 27.3 Å². The molecule has 2 aromatic heterocycles. The maximum atomic E-state index is 13.0. The summed E-state index contributed by atoms with van der Waals surface area (Å²) in [5, 5.41) is 11.8. The second kappa shape index (κ2) is 7.46. The second-order valence-corrected chi connectivity index (χ2v) is 10.0. The Kier molecular flexibility index (Phi) is 4.85. The molecule has 5 heterocycles. The highest BCUT2D eigenvalue weighted by molar-refractivity contribution is 9.10. The van der Waals surface area contributed by atoms with Crippen LogP contribution in [0.4, 0.5) is 0 Å². The van der Waals surface area contributed by atoms with Crippen molar-refractivity contribution in [3.63, 3.8) is 0 Å². The van der Waals surface area contributed by atoms with Crippen LogP contribution in [0.2, 0.25) is 5.15 Å². The summed E-state index contributed by atoms with van der Waals surface area (Å²) in [4.78, 5) is 22.8. The van der Waals surface area contributed by atoms with Crippen LogP contribution in [0, 0.1) is 0 Å². The van der Waals surface area contributed by atoms with Gasteiger partial charge in [-0.3, -0.25) is 4.79 Å². The van der Waals surface area contributed by atoms with Gasteiger partial charge < -0.3 is 28.8 Å². The number of benzene rings is 1. The van der Waals surface area contributed by atoms with Gasteiger partial charge in [0.1, 0.15) is 35.4 Å². The molecule has 1 amide bonds. The third-order valence-electron chi connectivity index (χ3n) is 6.32. The van der Waals surface area contributed by atoms with Gasteiger partial charge >= 0.3 is 0 Å². The van der Waals surface area contributed by atoms with Crippen molar-refractivity contribution in [2.45, 2.75) is 50.4 Å². The number of nitrogens with zero attached hydrogens (tertiary/aromatic N) is 4. The van der Waals surface area contributed by atoms with E-state index >= 15 is 0 Å². The summed E-state index contributed by atoms with van der Waals surface area (Å²) >= 11 is 9.82. The maximum absolute atomic E-state index is 13.0. The number of hydrogen-bond acceptors (Lipinski definition) is 7. The summed E-state index contributed by atoms with van der Waals surface area (Å²) in [7, 11) is 0. The van der Waals surface area contributed by atoms with Gasteiger partial charge in [-0.2, -0.15) is 0 Å². The Hall–Kier alpha value is -2.08. The van der Waals surface area contributed by atoms with Crippen molar-refractivity contribution in [3.8, 4) is 0 Å². The number of aromatic nitrogens is 3. The molecule has 3 aliphatic heterocycles. The second-order valence-electron chi connectivity index (χ2n) is 8.80. The minimum absolute atomic E-state index is 0.141. The Balaban J connectivity index is 1.35. The summed E-state index contributed by atoms with van der Waals surface area (Å²) < 4.78 is 21.4. The van der Waals surface area contributed by atoms with Crippen LogP contribution in [0.3, 0.4) is 0 Å². The number of carbonyl (C=O) groups is 1. The van der Waals surface area contributed by atoms with E-state index in [2.05, 4.69) is 25.9 Å². The molecule has 2 fully saturated rings. The Morgan fingerprint density at radius 3 is 2.76 bits per heavy atom. The first-order valence-corrected chi connectivity index (χ1v) is 11.7. The van der Waals surface area contributed by atoms with Crippen LogP contribution >= 0.6 is 27.5 Å². The number of ether oxygens (including phenoxy) is 3. The zero-order valence-corrected chi connectivity index (χ0v) is 20.0. The van der Waals surface area contributed by atoms with E-state index in [-0.39, 0.29) is 12.5 Å². The molecule has 11 heteroatoms. The molecule has 5 atom stereocenters.